The fourth-order valence-electron chi connectivity index (χ4n) is 2.01. The van der Waals surface area contributed by atoms with E-state index in [9.17, 15) is 4.79 Å². The molecule has 4 heteroatoms. The number of carbonyl (C=O) groups is 1. The number of carbonyl (C=O) groups excluding carboxylic acids is 1. The summed E-state index contributed by atoms with van der Waals surface area (Å²) in [5, 5.41) is 2.96. The maximum Gasteiger partial charge on any atom is 0.220 e. The lowest BCUT2D eigenvalue weighted by molar-refractivity contribution is -0.121. The van der Waals surface area contributed by atoms with Gasteiger partial charge in [0, 0.05) is 18.5 Å². The van der Waals surface area contributed by atoms with Crippen molar-refractivity contribution in [1.29, 1.82) is 0 Å². The average molecular weight is 264 g/mol. The van der Waals surface area contributed by atoms with Crippen LogP contribution in [0.5, 0.6) is 5.75 Å². The van der Waals surface area contributed by atoms with E-state index >= 15 is 0 Å². The second kappa shape index (κ2) is 7.79. The Balaban J connectivity index is 2.33. The zero-order valence-electron chi connectivity index (χ0n) is 12.0. The average Bonchev–Trinajstić information content (AvgIpc) is 2.36. The summed E-state index contributed by atoms with van der Waals surface area (Å²) in [6.07, 6.45) is 2.03. The van der Waals surface area contributed by atoms with E-state index in [0.29, 0.717) is 6.42 Å². The molecule has 0 fully saturated rings. The molecular formula is C15H24N2O2. The summed E-state index contributed by atoms with van der Waals surface area (Å²) < 4.78 is 5.09. The third-order valence-electron chi connectivity index (χ3n) is 2.93. The van der Waals surface area contributed by atoms with Gasteiger partial charge in [0.2, 0.25) is 5.91 Å². The third-order valence-corrected chi connectivity index (χ3v) is 2.93. The van der Waals surface area contributed by atoms with Crippen molar-refractivity contribution in [1.82, 2.24) is 5.32 Å². The molecule has 4 nitrogen and oxygen atoms in total. The van der Waals surface area contributed by atoms with Gasteiger partial charge in [0.15, 0.2) is 0 Å². The molecule has 0 bridgehead atoms. The highest BCUT2D eigenvalue weighted by atomic mass is 16.5. The van der Waals surface area contributed by atoms with Crippen LogP contribution in [0.1, 0.15) is 32.3 Å². The minimum absolute atomic E-state index is 0.0731. The Kier molecular flexibility index (Phi) is 6.36. The molecule has 1 aromatic carbocycles. The lowest BCUT2D eigenvalue weighted by Gasteiger charge is -2.15. The van der Waals surface area contributed by atoms with E-state index < -0.39 is 0 Å². The lowest BCUT2D eigenvalue weighted by Crippen LogP contribution is -2.36. The minimum atomic E-state index is 0.0731. The van der Waals surface area contributed by atoms with Crippen molar-refractivity contribution in [2.45, 2.75) is 45.2 Å². The van der Waals surface area contributed by atoms with Crippen molar-refractivity contribution in [3.8, 4) is 5.75 Å². The molecule has 0 spiro atoms. The molecule has 2 atom stereocenters. The number of benzene rings is 1. The second-order valence-electron chi connectivity index (χ2n) is 5.03. The molecule has 0 radical (unpaired) electrons. The molecule has 2 unspecified atom stereocenters. The number of hydrogen-bond acceptors (Lipinski definition) is 3. The smallest absolute Gasteiger partial charge is 0.220 e. The van der Waals surface area contributed by atoms with Crippen molar-refractivity contribution in [3.63, 3.8) is 0 Å². The molecule has 1 amide bonds. The molecule has 0 aliphatic carbocycles. The molecule has 0 aliphatic rings. The Morgan fingerprint density at radius 3 is 2.47 bits per heavy atom. The highest BCUT2D eigenvalue weighted by Crippen LogP contribution is 2.12. The minimum Gasteiger partial charge on any atom is -0.497 e. The van der Waals surface area contributed by atoms with E-state index in [-0.39, 0.29) is 18.0 Å². The fourth-order valence-corrected chi connectivity index (χ4v) is 2.01. The van der Waals surface area contributed by atoms with Gasteiger partial charge in [0.05, 0.1) is 7.11 Å². The predicted octanol–water partition coefficient (Wildman–Crippen LogP) is 1.87. The van der Waals surface area contributed by atoms with Gasteiger partial charge in [0.1, 0.15) is 5.75 Å². The number of hydrogen-bond donors (Lipinski definition) is 2. The third kappa shape index (κ3) is 6.25. The summed E-state index contributed by atoms with van der Waals surface area (Å²) in [7, 11) is 1.64. The van der Waals surface area contributed by atoms with Gasteiger partial charge in [0.25, 0.3) is 0 Å². The topological polar surface area (TPSA) is 64.3 Å². The molecule has 19 heavy (non-hydrogen) atoms. The van der Waals surface area contributed by atoms with E-state index in [1.54, 1.807) is 7.11 Å². The van der Waals surface area contributed by atoms with E-state index in [0.717, 1.165) is 24.2 Å². The summed E-state index contributed by atoms with van der Waals surface area (Å²) in [5.74, 6) is 0.905. The maximum atomic E-state index is 11.8. The number of aryl methyl sites for hydroxylation is 1. The van der Waals surface area contributed by atoms with Crippen molar-refractivity contribution < 1.29 is 9.53 Å². The van der Waals surface area contributed by atoms with Gasteiger partial charge in [-0.25, -0.2) is 0 Å². The Morgan fingerprint density at radius 1 is 1.32 bits per heavy atom. The molecule has 0 saturated carbocycles. The van der Waals surface area contributed by atoms with Crippen LogP contribution in [0.25, 0.3) is 0 Å². The number of ether oxygens (including phenoxy) is 1. The molecule has 1 aromatic rings. The Bertz CT molecular complexity index is 388. The largest absolute Gasteiger partial charge is 0.497 e. The number of rotatable bonds is 7. The first-order chi connectivity index (χ1) is 9.01. The quantitative estimate of drug-likeness (QED) is 0.790. The van der Waals surface area contributed by atoms with Crippen LogP contribution in [0.4, 0.5) is 0 Å². The summed E-state index contributed by atoms with van der Waals surface area (Å²) in [4.78, 5) is 11.8. The van der Waals surface area contributed by atoms with Crippen LogP contribution in [0.15, 0.2) is 24.3 Å². The summed E-state index contributed by atoms with van der Waals surface area (Å²) in [6, 6.07) is 8.02. The number of methoxy groups -OCH3 is 1. The Labute approximate surface area is 115 Å². The van der Waals surface area contributed by atoms with E-state index in [1.165, 1.54) is 0 Å². The zero-order chi connectivity index (χ0) is 14.3. The van der Waals surface area contributed by atoms with Gasteiger partial charge in [-0.1, -0.05) is 12.1 Å². The van der Waals surface area contributed by atoms with Gasteiger partial charge < -0.3 is 15.8 Å². The highest BCUT2D eigenvalue weighted by molar-refractivity contribution is 5.76. The van der Waals surface area contributed by atoms with Crippen LogP contribution in [0.3, 0.4) is 0 Å². The van der Waals surface area contributed by atoms with Crippen LogP contribution in [0.2, 0.25) is 0 Å². The van der Waals surface area contributed by atoms with E-state index in [4.69, 9.17) is 10.5 Å². The lowest BCUT2D eigenvalue weighted by atomic mass is 10.1. The number of amides is 1. The van der Waals surface area contributed by atoms with Crippen molar-refractivity contribution in [2.24, 2.45) is 5.73 Å². The number of nitrogens with two attached hydrogens (primary N) is 1. The van der Waals surface area contributed by atoms with Crippen LogP contribution in [-0.2, 0) is 11.2 Å². The van der Waals surface area contributed by atoms with Crippen LogP contribution < -0.4 is 15.8 Å². The van der Waals surface area contributed by atoms with Crippen LogP contribution in [-0.4, -0.2) is 25.1 Å². The first-order valence-corrected chi connectivity index (χ1v) is 6.69. The molecule has 3 N–H and O–H groups in total. The maximum absolute atomic E-state index is 11.8. The normalized spacial score (nSPS) is 13.7. The van der Waals surface area contributed by atoms with Crippen molar-refractivity contribution in [3.05, 3.63) is 29.8 Å². The molecule has 0 aromatic heterocycles. The number of nitrogens with one attached hydrogen (secondary N) is 1. The van der Waals surface area contributed by atoms with Gasteiger partial charge in [-0.05, 0) is 44.4 Å². The molecule has 0 heterocycles. The Hall–Kier alpha value is -1.55. The van der Waals surface area contributed by atoms with Gasteiger partial charge >= 0.3 is 0 Å². The molecule has 0 aliphatic heterocycles. The monoisotopic (exact) mass is 264 g/mol. The Morgan fingerprint density at radius 2 is 1.95 bits per heavy atom. The molecule has 106 valence electrons. The molecule has 0 saturated heterocycles. The summed E-state index contributed by atoms with van der Waals surface area (Å²) >= 11 is 0. The SMILES string of the molecule is COc1ccc(CCC(=O)NC(C)CC(C)N)cc1. The van der Waals surface area contributed by atoms with Crippen LogP contribution in [0, 0.1) is 0 Å². The second-order valence-corrected chi connectivity index (χ2v) is 5.03. The fraction of sp³-hybridized carbons (Fsp3) is 0.533. The first-order valence-electron chi connectivity index (χ1n) is 6.69. The van der Waals surface area contributed by atoms with Gasteiger partial charge in [-0.3, -0.25) is 4.79 Å². The highest BCUT2D eigenvalue weighted by Gasteiger charge is 2.09. The van der Waals surface area contributed by atoms with Crippen molar-refractivity contribution in [2.75, 3.05) is 7.11 Å². The first kappa shape index (κ1) is 15.5. The van der Waals surface area contributed by atoms with Crippen molar-refractivity contribution >= 4 is 5.91 Å². The van der Waals surface area contributed by atoms with Gasteiger partial charge in [-0.15, -0.1) is 0 Å². The molecular weight excluding hydrogens is 240 g/mol. The predicted molar refractivity (Wildman–Crippen MR) is 77.2 cm³/mol. The standard InChI is InChI=1S/C15H24N2O2/c1-11(16)10-12(2)17-15(18)9-6-13-4-7-14(19-3)8-5-13/h4-5,7-8,11-12H,6,9-10,16H2,1-3H3,(H,17,18). The van der Waals surface area contributed by atoms with Crippen LogP contribution >= 0.6 is 0 Å². The van der Waals surface area contributed by atoms with Gasteiger partial charge in [-0.2, -0.15) is 0 Å². The van der Waals surface area contributed by atoms with E-state index in [1.807, 2.05) is 38.1 Å². The summed E-state index contributed by atoms with van der Waals surface area (Å²) in [5.41, 5.74) is 6.83. The summed E-state index contributed by atoms with van der Waals surface area (Å²) in [6.45, 7) is 3.93. The van der Waals surface area contributed by atoms with E-state index in [2.05, 4.69) is 5.32 Å². The molecule has 1 rings (SSSR count). The zero-order valence-corrected chi connectivity index (χ0v) is 12.0.